The zero-order valence-corrected chi connectivity index (χ0v) is 18.9. The third kappa shape index (κ3) is 3.99. The number of rotatable bonds is 3. The Kier molecular flexibility index (Phi) is 5.82. The number of alkyl halides is 3. The topological polar surface area (TPSA) is 57.0 Å². The van der Waals surface area contributed by atoms with Crippen LogP contribution in [0.2, 0.25) is 0 Å². The number of carbonyl (C=O) groups is 1. The number of aromatic nitrogens is 3. The van der Waals surface area contributed by atoms with Crippen molar-refractivity contribution < 1.29 is 22.7 Å². The van der Waals surface area contributed by atoms with E-state index < -0.39 is 17.7 Å². The molecule has 2 heterocycles. The van der Waals surface area contributed by atoms with E-state index in [1.807, 2.05) is 22.6 Å². The van der Waals surface area contributed by atoms with Crippen molar-refractivity contribution >= 4 is 62.5 Å². The SMILES string of the molecule is COC(=O)c1c(I)c(C)nn1-c1nc(-c2ccc(C(F)(F)F)cc2)c(I)s1. The summed E-state index contributed by atoms with van der Waals surface area (Å²) in [5, 5.41) is 4.78. The molecule has 0 fully saturated rings. The van der Waals surface area contributed by atoms with Crippen LogP contribution >= 0.6 is 56.5 Å². The summed E-state index contributed by atoms with van der Waals surface area (Å²) in [7, 11) is 1.28. The predicted molar refractivity (Wildman–Crippen MR) is 111 cm³/mol. The summed E-state index contributed by atoms with van der Waals surface area (Å²) in [6.07, 6.45) is -4.39. The van der Waals surface area contributed by atoms with Crippen LogP contribution in [0, 0.1) is 13.4 Å². The second kappa shape index (κ2) is 7.66. The van der Waals surface area contributed by atoms with Crippen molar-refractivity contribution in [1.29, 1.82) is 0 Å². The molecular formula is C16H10F3I2N3O2S. The van der Waals surface area contributed by atoms with E-state index in [1.165, 1.54) is 35.3 Å². The molecule has 0 bridgehead atoms. The van der Waals surface area contributed by atoms with E-state index in [2.05, 4.69) is 32.7 Å². The summed E-state index contributed by atoms with van der Waals surface area (Å²) in [6.45, 7) is 1.76. The van der Waals surface area contributed by atoms with Crippen LogP contribution in [0.4, 0.5) is 13.2 Å². The number of benzene rings is 1. The van der Waals surface area contributed by atoms with Crippen LogP contribution in [-0.2, 0) is 10.9 Å². The summed E-state index contributed by atoms with van der Waals surface area (Å²) in [5.41, 5.74) is 1.27. The first-order valence-corrected chi connectivity index (χ1v) is 10.3. The minimum Gasteiger partial charge on any atom is -0.464 e. The molecular weight excluding hydrogens is 609 g/mol. The number of carbonyl (C=O) groups excluding carboxylic acids is 1. The van der Waals surface area contributed by atoms with Gasteiger partial charge in [-0.05, 0) is 64.2 Å². The van der Waals surface area contributed by atoms with Crippen LogP contribution in [-0.4, -0.2) is 27.8 Å². The highest BCUT2D eigenvalue weighted by Crippen LogP contribution is 2.35. The summed E-state index contributed by atoms with van der Waals surface area (Å²) >= 11 is 5.36. The highest BCUT2D eigenvalue weighted by Gasteiger charge is 2.30. The van der Waals surface area contributed by atoms with E-state index in [9.17, 15) is 18.0 Å². The maximum atomic E-state index is 12.7. The zero-order chi connectivity index (χ0) is 19.9. The Labute approximate surface area is 183 Å². The van der Waals surface area contributed by atoms with Gasteiger partial charge in [0, 0.05) is 5.56 Å². The molecule has 0 unspecified atom stereocenters. The zero-order valence-electron chi connectivity index (χ0n) is 13.8. The molecule has 0 aliphatic rings. The van der Waals surface area contributed by atoms with Gasteiger partial charge in [-0.1, -0.05) is 23.5 Å². The first kappa shape index (κ1) is 20.5. The largest absolute Gasteiger partial charge is 0.464 e. The van der Waals surface area contributed by atoms with Crippen LogP contribution in [0.15, 0.2) is 24.3 Å². The molecule has 0 amide bonds. The molecule has 1 aromatic carbocycles. The molecule has 0 aliphatic carbocycles. The van der Waals surface area contributed by atoms with Crippen LogP contribution in [0.25, 0.3) is 16.4 Å². The summed E-state index contributed by atoms with van der Waals surface area (Å²) in [6, 6.07) is 4.79. The van der Waals surface area contributed by atoms with Gasteiger partial charge in [-0.3, -0.25) is 0 Å². The molecule has 0 aliphatic heterocycles. The third-order valence-electron chi connectivity index (χ3n) is 3.61. The van der Waals surface area contributed by atoms with E-state index in [1.54, 1.807) is 6.92 Å². The highest BCUT2D eigenvalue weighted by molar-refractivity contribution is 14.1. The fourth-order valence-corrected chi connectivity index (χ4v) is 4.65. The Bertz CT molecular complexity index is 1010. The molecule has 0 N–H and O–H groups in total. The second-order valence-electron chi connectivity index (χ2n) is 5.35. The molecule has 0 saturated carbocycles. The highest BCUT2D eigenvalue weighted by atomic mass is 127. The first-order chi connectivity index (χ1) is 12.6. The molecule has 3 rings (SSSR count). The van der Waals surface area contributed by atoms with Crippen molar-refractivity contribution in [3.63, 3.8) is 0 Å². The van der Waals surface area contributed by atoms with Crippen LogP contribution in [0.3, 0.4) is 0 Å². The van der Waals surface area contributed by atoms with Gasteiger partial charge in [-0.25, -0.2) is 9.78 Å². The second-order valence-corrected chi connectivity index (χ2v) is 9.21. The molecule has 0 radical (unpaired) electrons. The number of aryl methyl sites for hydroxylation is 1. The minimum atomic E-state index is -4.39. The molecule has 3 aromatic rings. The number of ether oxygens (including phenoxy) is 1. The lowest BCUT2D eigenvalue weighted by Gasteiger charge is -2.06. The van der Waals surface area contributed by atoms with Crippen molar-refractivity contribution in [2.45, 2.75) is 13.1 Å². The van der Waals surface area contributed by atoms with Crippen molar-refractivity contribution in [2.24, 2.45) is 0 Å². The quantitative estimate of drug-likeness (QED) is 0.295. The number of esters is 1. The maximum absolute atomic E-state index is 12.7. The van der Waals surface area contributed by atoms with Gasteiger partial charge in [-0.15, -0.1) is 0 Å². The Balaban J connectivity index is 2.06. The fourth-order valence-electron chi connectivity index (χ4n) is 2.30. The number of nitrogens with zero attached hydrogens (tertiary/aromatic N) is 3. The summed E-state index contributed by atoms with van der Waals surface area (Å²) in [4.78, 5) is 16.6. The van der Waals surface area contributed by atoms with Gasteiger partial charge in [0.05, 0.1) is 30.5 Å². The normalized spacial score (nSPS) is 11.7. The molecule has 27 heavy (non-hydrogen) atoms. The molecule has 0 spiro atoms. The van der Waals surface area contributed by atoms with Crippen molar-refractivity contribution in [1.82, 2.24) is 14.8 Å². The van der Waals surface area contributed by atoms with Crippen molar-refractivity contribution in [3.8, 4) is 16.4 Å². The van der Waals surface area contributed by atoms with Crippen molar-refractivity contribution in [3.05, 3.63) is 47.7 Å². The van der Waals surface area contributed by atoms with Crippen LogP contribution in [0.5, 0.6) is 0 Å². The molecule has 0 atom stereocenters. The Morgan fingerprint density at radius 1 is 1.22 bits per heavy atom. The van der Waals surface area contributed by atoms with E-state index in [4.69, 9.17) is 4.74 Å². The van der Waals surface area contributed by atoms with Gasteiger partial charge < -0.3 is 4.74 Å². The molecule has 11 heteroatoms. The lowest BCUT2D eigenvalue weighted by Crippen LogP contribution is -2.11. The standard InChI is InChI=1S/C16H10F3I2N3O2S/c1-7-10(20)12(14(25)26-2)24(23-7)15-22-11(13(21)27-15)8-3-5-9(6-4-8)16(17,18)19/h3-6H,1-2H3. The lowest BCUT2D eigenvalue weighted by molar-refractivity contribution is -0.137. The van der Waals surface area contributed by atoms with Gasteiger partial charge in [0.2, 0.25) is 5.13 Å². The van der Waals surface area contributed by atoms with Crippen molar-refractivity contribution in [2.75, 3.05) is 7.11 Å². The Morgan fingerprint density at radius 2 is 1.85 bits per heavy atom. The number of hydrogen-bond donors (Lipinski definition) is 0. The van der Waals surface area contributed by atoms with Gasteiger partial charge in [0.15, 0.2) is 5.69 Å². The Morgan fingerprint density at radius 3 is 2.41 bits per heavy atom. The molecule has 2 aromatic heterocycles. The lowest BCUT2D eigenvalue weighted by atomic mass is 10.1. The predicted octanol–water partition coefficient (Wildman–Crippen LogP) is 5.32. The summed E-state index contributed by atoms with van der Waals surface area (Å²) in [5.74, 6) is -0.540. The van der Waals surface area contributed by atoms with Gasteiger partial charge in [0.1, 0.15) is 0 Å². The van der Waals surface area contributed by atoms with E-state index in [-0.39, 0.29) is 5.69 Å². The average molecular weight is 619 g/mol. The van der Waals surface area contributed by atoms with Gasteiger partial charge in [0.25, 0.3) is 0 Å². The van der Waals surface area contributed by atoms with Crippen LogP contribution < -0.4 is 0 Å². The maximum Gasteiger partial charge on any atom is 0.416 e. The number of thiazole rings is 1. The third-order valence-corrected chi connectivity index (χ3v) is 6.89. The van der Waals surface area contributed by atoms with Crippen LogP contribution in [0.1, 0.15) is 21.7 Å². The smallest absolute Gasteiger partial charge is 0.416 e. The minimum absolute atomic E-state index is 0.264. The van der Waals surface area contributed by atoms with E-state index in [0.29, 0.717) is 25.7 Å². The number of halogens is 5. The Hall–Kier alpha value is -1.22. The number of methoxy groups -OCH3 is 1. The fraction of sp³-hybridized carbons (Fsp3) is 0.188. The van der Waals surface area contributed by atoms with Gasteiger partial charge in [-0.2, -0.15) is 23.0 Å². The van der Waals surface area contributed by atoms with E-state index in [0.717, 1.165) is 15.0 Å². The number of hydrogen-bond acceptors (Lipinski definition) is 5. The summed E-state index contributed by atoms with van der Waals surface area (Å²) < 4.78 is 45.9. The first-order valence-electron chi connectivity index (χ1n) is 7.31. The average Bonchev–Trinajstić information content (AvgIpc) is 3.14. The molecule has 5 nitrogen and oxygen atoms in total. The van der Waals surface area contributed by atoms with E-state index >= 15 is 0 Å². The molecule has 142 valence electrons. The molecule has 0 saturated heterocycles. The monoisotopic (exact) mass is 619 g/mol. The van der Waals surface area contributed by atoms with Gasteiger partial charge >= 0.3 is 12.1 Å².